The number of guanidine groups is 1. The van der Waals surface area contributed by atoms with Crippen molar-refractivity contribution in [3.05, 3.63) is 35.4 Å². The molecule has 0 radical (unpaired) electrons. The number of nitrogens with zero attached hydrogens (tertiary/aromatic N) is 2. The Morgan fingerprint density at radius 3 is 2.50 bits per heavy atom. The molecule has 1 unspecified atom stereocenters. The Bertz CT molecular complexity index is 596. The third-order valence-corrected chi connectivity index (χ3v) is 4.65. The topological polar surface area (TPSA) is 48.9 Å². The van der Waals surface area contributed by atoms with Gasteiger partial charge in [0.05, 0.1) is 6.61 Å². The largest absolute Gasteiger partial charge is 0.411 e. The summed E-state index contributed by atoms with van der Waals surface area (Å²) in [5.74, 6) is 0.746. The highest BCUT2D eigenvalue weighted by Crippen LogP contribution is 2.16. The molecule has 0 amide bonds. The Balaban J connectivity index is 0.00000392. The molecule has 2 N–H and O–H groups in total. The van der Waals surface area contributed by atoms with Crippen molar-refractivity contribution in [2.45, 2.75) is 45.1 Å². The molecule has 1 fully saturated rings. The van der Waals surface area contributed by atoms with E-state index in [2.05, 4.69) is 32.2 Å². The van der Waals surface area contributed by atoms with Crippen LogP contribution in [0.2, 0.25) is 0 Å². The van der Waals surface area contributed by atoms with E-state index in [1.54, 1.807) is 19.2 Å². The predicted octanol–water partition coefficient (Wildman–Crippen LogP) is 3.53. The van der Waals surface area contributed by atoms with E-state index in [9.17, 15) is 13.2 Å². The SMILES string of the molecule is CCN1CCCC1CNC(=NC)NCc1ccc(COCC(F)(F)F)cc1.I. The van der Waals surface area contributed by atoms with Crippen LogP contribution >= 0.6 is 24.0 Å². The Morgan fingerprint density at radius 2 is 1.89 bits per heavy atom. The lowest BCUT2D eigenvalue weighted by Gasteiger charge is -2.24. The number of alkyl halides is 3. The zero-order valence-corrected chi connectivity index (χ0v) is 18.7. The first-order chi connectivity index (χ1) is 12.9. The first-order valence-corrected chi connectivity index (χ1v) is 9.32. The fourth-order valence-corrected chi connectivity index (χ4v) is 3.20. The van der Waals surface area contributed by atoms with Crippen LogP contribution < -0.4 is 10.6 Å². The molecule has 1 heterocycles. The number of rotatable bonds is 8. The van der Waals surface area contributed by atoms with Gasteiger partial charge in [-0.2, -0.15) is 13.2 Å². The van der Waals surface area contributed by atoms with E-state index in [0.717, 1.165) is 31.2 Å². The summed E-state index contributed by atoms with van der Waals surface area (Å²) < 4.78 is 40.9. The van der Waals surface area contributed by atoms with Crippen LogP contribution in [0.4, 0.5) is 13.2 Å². The third kappa shape index (κ3) is 8.95. The summed E-state index contributed by atoms with van der Waals surface area (Å²) in [7, 11) is 1.74. The molecule has 1 atom stereocenters. The molecule has 2 rings (SSSR count). The number of likely N-dealkylation sites (tertiary alicyclic amines) is 1. The van der Waals surface area contributed by atoms with Gasteiger partial charge in [0, 0.05) is 26.2 Å². The maximum atomic E-state index is 12.1. The molecule has 1 aliphatic heterocycles. The van der Waals surface area contributed by atoms with Crippen molar-refractivity contribution in [2.24, 2.45) is 4.99 Å². The molecule has 0 bridgehead atoms. The van der Waals surface area contributed by atoms with Crippen LogP contribution in [0.25, 0.3) is 0 Å². The molecular formula is C19H30F3IN4O. The summed E-state index contributed by atoms with van der Waals surface area (Å²) in [4.78, 5) is 6.72. The quantitative estimate of drug-likeness (QED) is 0.317. The molecule has 1 aromatic rings. The van der Waals surface area contributed by atoms with Crippen LogP contribution in [0.15, 0.2) is 29.3 Å². The number of halogens is 4. The lowest BCUT2D eigenvalue weighted by atomic mass is 10.1. The van der Waals surface area contributed by atoms with Gasteiger partial charge in [0.25, 0.3) is 0 Å². The first-order valence-electron chi connectivity index (χ1n) is 9.32. The molecule has 1 saturated heterocycles. The van der Waals surface area contributed by atoms with E-state index >= 15 is 0 Å². The molecule has 0 aliphatic carbocycles. The van der Waals surface area contributed by atoms with E-state index in [1.807, 2.05) is 12.1 Å². The van der Waals surface area contributed by atoms with Crippen molar-refractivity contribution in [2.75, 3.05) is 33.3 Å². The van der Waals surface area contributed by atoms with Crippen LogP contribution in [-0.2, 0) is 17.9 Å². The van der Waals surface area contributed by atoms with Crippen molar-refractivity contribution in [3.63, 3.8) is 0 Å². The Hall–Kier alpha value is -1.07. The fraction of sp³-hybridized carbons (Fsp3) is 0.632. The van der Waals surface area contributed by atoms with Gasteiger partial charge in [0.2, 0.25) is 0 Å². The minimum absolute atomic E-state index is 0. The van der Waals surface area contributed by atoms with Crippen LogP contribution in [-0.4, -0.2) is 56.4 Å². The van der Waals surface area contributed by atoms with Crippen LogP contribution in [0, 0.1) is 0 Å². The monoisotopic (exact) mass is 514 g/mol. The van der Waals surface area contributed by atoms with Crippen LogP contribution in [0.1, 0.15) is 30.9 Å². The second-order valence-electron chi connectivity index (χ2n) is 6.66. The van der Waals surface area contributed by atoms with Gasteiger partial charge in [-0.15, -0.1) is 24.0 Å². The van der Waals surface area contributed by atoms with Gasteiger partial charge >= 0.3 is 6.18 Å². The van der Waals surface area contributed by atoms with Gasteiger partial charge in [-0.3, -0.25) is 9.89 Å². The molecular weight excluding hydrogens is 484 g/mol. The van der Waals surface area contributed by atoms with E-state index in [-0.39, 0.29) is 30.6 Å². The zero-order valence-electron chi connectivity index (χ0n) is 16.4. The average Bonchev–Trinajstić information content (AvgIpc) is 3.09. The van der Waals surface area contributed by atoms with E-state index in [4.69, 9.17) is 0 Å². The van der Waals surface area contributed by atoms with Crippen molar-refractivity contribution in [3.8, 4) is 0 Å². The van der Waals surface area contributed by atoms with E-state index in [1.165, 1.54) is 12.8 Å². The highest BCUT2D eigenvalue weighted by atomic mass is 127. The second kappa shape index (κ2) is 12.5. The number of hydrogen-bond donors (Lipinski definition) is 2. The lowest BCUT2D eigenvalue weighted by Crippen LogP contribution is -2.44. The highest BCUT2D eigenvalue weighted by molar-refractivity contribution is 14.0. The van der Waals surface area contributed by atoms with Crippen molar-refractivity contribution < 1.29 is 17.9 Å². The standard InChI is InChI=1S/C19H29F3N4O.HI/c1-3-26-10-4-5-17(26)12-25-18(23-2)24-11-15-6-8-16(9-7-15)13-27-14-19(20,21)22;/h6-9,17H,3-5,10-14H2,1-2H3,(H2,23,24,25);1H. The van der Waals surface area contributed by atoms with Gasteiger partial charge in [-0.1, -0.05) is 31.2 Å². The van der Waals surface area contributed by atoms with E-state index < -0.39 is 12.8 Å². The minimum Gasteiger partial charge on any atom is -0.367 e. The number of benzene rings is 1. The lowest BCUT2D eigenvalue weighted by molar-refractivity contribution is -0.176. The first kappa shape index (κ1) is 25.0. The third-order valence-electron chi connectivity index (χ3n) is 4.65. The number of likely N-dealkylation sites (N-methyl/N-ethyl adjacent to an activating group) is 1. The van der Waals surface area contributed by atoms with Crippen molar-refractivity contribution in [1.29, 1.82) is 0 Å². The maximum Gasteiger partial charge on any atom is 0.411 e. The molecule has 28 heavy (non-hydrogen) atoms. The number of nitrogens with one attached hydrogen (secondary N) is 2. The van der Waals surface area contributed by atoms with Crippen molar-refractivity contribution in [1.82, 2.24) is 15.5 Å². The number of ether oxygens (including phenoxy) is 1. The van der Waals surface area contributed by atoms with Gasteiger partial charge in [0.1, 0.15) is 6.61 Å². The van der Waals surface area contributed by atoms with Crippen LogP contribution in [0.3, 0.4) is 0 Å². The van der Waals surface area contributed by atoms with Gasteiger partial charge in [-0.05, 0) is 37.1 Å². The number of aliphatic imine (C=N–C) groups is 1. The predicted molar refractivity (Wildman–Crippen MR) is 116 cm³/mol. The summed E-state index contributed by atoms with van der Waals surface area (Å²) in [6.07, 6.45) is -1.85. The molecule has 1 aromatic carbocycles. The molecule has 0 saturated carbocycles. The normalized spacial score (nSPS) is 18.0. The summed E-state index contributed by atoms with van der Waals surface area (Å²) >= 11 is 0. The molecule has 0 aromatic heterocycles. The summed E-state index contributed by atoms with van der Waals surface area (Å²) in [5, 5.41) is 6.64. The summed E-state index contributed by atoms with van der Waals surface area (Å²) in [5.41, 5.74) is 1.74. The Labute approximate surface area is 182 Å². The second-order valence-corrected chi connectivity index (χ2v) is 6.66. The molecule has 160 valence electrons. The Morgan fingerprint density at radius 1 is 1.21 bits per heavy atom. The smallest absolute Gasteiger partial charge is 0.367 e. The average molecular weight is 514 g/mol. The van der Waals surface area contributed by atoms with Crippen molar-refractivity contribution >= 4 is 29.9 Å². The van der Waals surface area contributed by atoms with Gasteiger partial charge in [-0.25, -0.2) is 0 Å². The number of hydrogen-bond acceptors (Lipinski definition) is 3. The molecule has 0 spiro atoms. The highest BCUT2D eigenvalue weighted by Gasteiger charge is 2.27. The zero-order chi connectivity index (χ0) is 19.7. The summed E-state index contributed by atoms with van der Waals surface area (Å²) in [6, 6.07) is 7.86. The maximum absolute atomic E-state index is 12.1. The van der Waals surface area contributed by atoms with Crippen LogP contribution in [0.5, 0.6) is 0 Å². The molecule has 1 aliphatic rings. The fourth-order valence-electron chi connectivity index (χ4n) is 3.20. The Kier molecular flexibility index (Phi) is 11.1. The molecule has 5 nitrogen and oxygen atoms in total. The molecule has 9 heteroatoms. The van der Waals surface area contributed by atoms with Gasteiger partial charge in [0.15, 0.2) is 5.96 Å². The van der Waals surface area contributed by atoms with E-state index in [0.29, 0.717) is 18.2 Å². The summed E-state index contributed by atoms with van der Waals surface area (Å²) in [6.45, 7) is 4.59. The van der Waals surface area contributed by atoms with Gasteiger partial charge < -0.3 is 15.4 Å². The minimum atomic E-state index is -4.29.